The minimum Gasteiger partial charge on any atom is -0.413 e. The summed E-state index contributed by atoms with van der Waals surface area (Å²) in [7, 11) is 0. The summed E-state index contributed by atoms with van der Waals surface area (Å²) in [4.78, 5) is 15.8. The largest absolute Gasteiger partial charge is 0.418 e. The molecule has 0 aromatic carbocycles. The van der Waals surface area contributed by atoms with E-state index in [4.69, 9.17) is 4.42 Å². The van der Waals surface area contributed by atoms with Crippen molar-refractivity contribution in [2.45, 2.75) is 19.1 Å². The van der Waals surface area contributed by atoms with E-state index in [0.29, 0.717) is 4.68 Å². The summed E-state index contributed by atoms with van der Waals surface area (Å²) in [6.07, 6.45) is -6.55. The van der Waals surface area contributed by atoms with Gasteiger partial charge in [0.05, 0.1) is 22.3 Å². The van der Waals surface area contributed by atoms with E-state index in [0.717, 1.165) is 24.4 Å². The Balaban J connectivity index is 2.05. The van der Waals surface area contributed by atoms with Crippen LogP contribution in [-0.2, 0) is 12.7 Å². The van der Waals surface area contributed by atoms with Gasteiger partial charge in [0.25, 0.3) is 17.3 Å². The molecule has 27 heavy (non-hydrogen) atoms. The molecule has 0 radical (unpaired) electrons. The highest BCUT2D eigenvalue weighted by molar-refractivity contribution is 9.10. The van der Waals surface area contributed by atoms with Crippen molar-refractivity contribution in [3.05, 3.63) is 56.4 Å². The van der Waals surface area contributed by atoms with Crippen LogP contribution < -0.4 is 5.56 Å². The van der Waals surface area contributed by atoms with Crippen molar-refractivity contribution in [3.8, 4) is 11.6 Å². The number of alkyl halides is 5. The lowest BCUT2D eigenvalue weighted by molar-refractivity contribution is -0.138. The molecule has 0 saturated carbocycles. The first kappa shape index (κ1) is 19.1. The van der Waals surface area contributed by atoms with Crippen LogP contribution in [0.15, 0.2) is 38.1 Å². The van der Waals surface area contributed by atoms with Gasteiger partial charge in [0.15, 0.2) is 0 Å². The fourth-order valence-electron chi connectivity index (χ4n) is 2.11. The van der Waals surface area contributed by atoms with Gasteiger partial charge in [0, 0.05) is 6.20 Å². The van der Waals surface area contributed by atoms with Crippen molar-refractivity contribution >= 4 is 15.9 Å². The van der Waals surface area contributed by atoms with Gasteiger partial charge < -0.3 is 4.42 Å². The van der Waals surface area contributed by atoms with Crippen molar-refractivity contribution in [1.29, 1.82) is 0 Å². The van der Waals surface area contributed by atoms with E-state index < -0.39 is 47.7 Å². The molecule has 0 bridgehead atoms. The second-order valence-electron chi connectivity index (χ2n) is 5.08. The first-order valence-electron chi connectivity index (χ1n) is 7.07. The number of hydrogen-bond acceptors (Lipinski definition) is 6. The van der Waals surface area contributed by atoms with Gasteiger partial charge in [-0.15, -0.1) is 10.2 Å². The second kappa shape index (κ2) is 7.13. The van der Waals surface area contributed by atoms with Gasteiger partial charge in [-0.1, -0.05) is 0 Å². The van der Waals surface area contributed by atoms with E-state index >= 15 is 0 Å². The third kappa shape index (κ3) is 4.02. The smallest absolute Gasteiger partial charge is 0.413 e. The van der Waals surface area contributed by atoms with E-state index in [9.17, 15) is 26.7 Å². The predicted molar refractivity (Wildman–Crippen MR) is 82.8 cm³/mol. The van der Waals surface area contributed by atoms with E-state index in [2.05, 4.69) is 36.2 Å². The van der Waals surface area contributed by atoms with Crippen LogP contribution in [0.25, 0.3) is 11.6 Å². The Morgan fingerprint density at radius 2 is 2.00 bits per heavy atom. The molecule has 0 aliphatic rings. The van der Waals surface area contributed by atoms with Gasteiger partial charge in [0.2, 0.25) is 0 Å². The molecule has 3 aromatic rings. The van der Waals surface area contributed by atoms with Crippen molar-refractivity contribution in [3.63, 3.8) is 0 Å². The summed E-state index contributed by atoms with van der Waals surface area (Å²) in [5.41, 5.74) is -2.41. The molecule has 3 aromatic heterocycles. The van der Waals surface area contributed by atoms with Gasteiger partial charge in [0.1, 0.15) is 5.69 Å². The predicted octanol–water partition coefficient (Wildman–Crippen LogP) is 3.46. The lowest BCUT2D eigenvalue weighted by Gasteiger charge is -2.12. The number of halogens is 6. The Morgan fingerprint density at radius 3 is 2.63 bits per heavy atom. The maximum Gasteiger partial charge on any atom is 0.418 e. The summed E-state index contributed by atoms with van der Waals surface area (Å²) in [5.74, 6) is -1.37. The van der Waals surface area contributed by atoms with E-state index in [-0.39, 0.29) is 10.2 Å². The number of aromatic nitrogens is 5. The van der Waals surface area contributed by atoms with Crippen molar-refractivity contribution < 1.29 is 26.4 Å². The zero-order chi connectivity index (χ0) is 19.8. The molecule has 3 rings (SSSR count). The summed E-state index contributed by atoms with van der Waals surface area (Å²) in [6.45, 7) is -0.614. The molecule has 7 nitrogen and oxygen atoms in total. The standard InChI is InChI=1S/C14H7BrF5N5O2/c15-7-4-8(11-22-23-12(27-11)10(16)17)24-25(13(7)26)5-9-6(14(18,19)20)2-1-3-21-9/h1-4,10H,5H2. The van der Waals surface area contributed by atoms with Gasteiger partial charge in [-0.05, 0) is 34.1 Å². The molecule has 0 amide bonds. The SMILES string of the molecule is O=c1c(Br)cc(-c2nnc(C(F)F)o2)nn1Cc1ncccc1C(F)(F)F. The average Bonchev–Trinajstić information content (AvgIpc) is 3.08. The summed E-state index contributed by atoms with van der Waals surface area (Å²) in [6, 6.07) is 3.06. The molecule has 13 heteroatoms. The van der Waals surface area contributed by atoms with Crippen LogP contribution in [0.2, 0.25) is 0 Å². The monoisotopic (exact) mass is 451 g/mol. The summed E-state index contributed by atoms with van der Waals surface area (Å²) >= 11 is 2.95. The van der Waals surface area contributed by atoms with Gasteiger partial charge in [-0.2, -0.15) is 27.1 Å². The molecule has 0 aliphatic carbocycles. The molecule has 3 heterocycles. The Kier molecular flexibility index (Phi) is 5.04. The Bertz CT molecular complexity index is 1030. The minimum atomic E-state index is -4.68. The summed E-state index contributed by atoms with van der Waals surface area (Å²) in [5, 5.41) is 10.3. The molecule has 0 fully saturated rings. The van der Waals surface area contributed by atoms with Crippen molar-refractivity contribution in [2.75, 3.05) is 0 Å². The minimum absolute atomic E-state index is 0.0891. The summed E-state index contributed by atoms with van der Waals surface area (Å²) < 4.78 is 69.7. The Morgan fingerprint density at radius 1 is 1.26 bits per heavy atom. The third-order valence-electron chi connectivity index (χ3n) is 3.27. The van der Waals surface area contributed by atoms with E-state index in [1.54, 1.807) is 0 Å². The van der Waals surface area contributed by atoms with Gasteiger partial charge in [-0.25, -0.2) is 4.68 Å². The second-order valence-corrected chi connectivity index (χ2v) is 5.94. The highest BCUT2D eigenvalue weighted by atomic mass is 79.9. The molecular weight excluding hydrogens is 445 g/mol. The van der Waals surface area contributed by atoms with Crippen molar-refractivity contribution in [1.82, 2.24) is 25.0 Å². The van der Waals surface area contributed by atoms with Crippen LogP contribution in [0, 0.1) is 0 Å². The van der Waals surface area contributed by atoms with Crippen molar-refractivity contribution in [2.24, 2.45) is 0 Å². The lowest BCUT2D eigenvalue weighted by Crippen LogP contribution is -2.26. The van der Waals surface area contributed by atoms with Gasteiger partial charge >= 0.3 is 12.6 Å². The molecule has 0 spiro atoms. The van der Waals surface area contributed by atoms with Crippen LogP contribution in [0.4, 0.5) is 22.0 Å². The van der Waals surface area contributed by atoms with E-state index in [1.807, 2.05) is 0 Å². The van der Waals surface area contributed by atoms with Gasteiger partial charge in [-0.3, -0.25) is 9.78 Å². The number of rotatable bonds is 4. The first-order chi connectivity index (χ1) is 12.7. The fourth-order valence-corrected chi connectivity index (χ4v) is 2.53. The third-order valence-corrected chi connectivity index (χ3v) is 3.84. The van der Waals surface area contributed by atoms with Crippen LogP contribution in [-0.4, -0.2) is 25.0 Å². The molecular formula is C14H7BrF5N5O2. The molecule has 0 aliphatic heterocycles. The number of pyridine rings is 1. The maximum atomic E-state index is 13.1. The average molecular weight is 452 g/mol. The fraction of sp³-hybridized carbons (Fsp3) is 0.214. The molecule has 0 unspecified atom stereocenters. The van der Waals surface area contributed by atoms with E-state index in [1.165, 1.54) is 0 Å². The molecule has 0 atom stereocenters. The molecule has 142 valence electrons. The maximum absolute atomic E-state index is 13.1. The molecule has 0 saturated heterocycles. The Labute approximate surface area is 155 Å². The quantitative estimate of drug-likeness (QED) is 0.564. The van der Waals surface area contributed by atoms with Crippen LogP contribution in [0.1, 0.15) is 23.6 Å². The molecule has 0 N–H and O–H groups in total. The number of nitrogens with zero attached hydrogens (tertiary/aromatic N) is 5. The van der Waals surface area contributed by atoms with Crippen LogP contribution in [0.3, 0.4) is 0 Å². The zero-order valence-electron chi connectivity index (χ0n) is 12.9. The highest BCUT2D eigenvalue weighted by Crippen LogP contribution is 2.31. The topological polar surface area (TPSA) is 86.7 Å². The lowest BCUT2D eigenvalue weighted by atomic mass is 10.2. The zero-order valence-corrected chi connectivity index (χ0v) is 14.5. The normalized spacial score (nSPS) is 12.0. The number of hydrogen-bond donors (Lipinski definition) is 0. The Hall–Kier alpha value is -2.70. The van der Waals surface area contributed by atoms with Crippen LogP contribution in [0.5, 0.6) is 0 Å². The first-order valence-corrected chi connectivity index (χ1v) is 7.87. The highest BCUT2D eigenvalue weighted by Gasteiger charge is 2.34. The van der Waals surface area contributed by atoms with Crippen LogP contribution >= 0.6 is 15.9 Å².